The molecule has 36 heavy (non-hydrogen) atoms. The molecule has 0 bridgehead atoms. The number of likely N-dealkylation sites (tertiary alicyclic amines) is 1. The zero-order chi connectivity index (χ0) is 26.8. The van der Waals surface area contributed by atoms with Gasteiger partial charge in [-0.05, 0) is 37.2 Å². The molecule has 0 saturated carbocycles. The first-order chi connectivity index (χ1) is 17.0. The second-order valence-corrected chi connectivity index (χ2v) is 9.51. The van der Waals surface area contributed by atoms with Gasteiger partial charge in [0.25, 0.3) is 0 Å². The van der Waals surface area contributed by atoms with E-state index in [1.54, 1.807) is 30.3 Å². The van der Waals surface area contributed by atoms with Crippen LogP contribution in [0.5, 0.6) is 0 Å². The number of carboxylic acids is 2. The van der Waals surface area contributed by atoms with Crippen LogP contribution in [0.3, 0.4) is 0 Å². The highest BCUT2D eigenvalue weighted by atomic mass is 16.4. The molecule has 0 aromatic heterocycles. The average Bonchev–Trinajstić information content (AvgIpc) is 3.31. The number of rotatable bonds is 13. The lowest BCUT2D eigenvalue weighted by atomic mass is 10.0. The lowest BCUT2D eigenvalue weighted by molar-refractivity contribution is -0.149. The number of hydrogen-bond acceptors (Lipinski definition) is 6. The van der Waals surface area contributed by atoms with Gasteiger partial charge in [-0.15, -0.1) is 0 Å². The minimum Gasteiger partial charge on any atom is -0.481 e. The van der Waals surface area contributed by atoms with Gasteiger partial charge in [0.05, 0.1) is 6.04 Å². The van der Waals surface area contributed by atoms with Crippen molar-refractivity contribution in [2.45, 2.75) is 76.5 Å². The number of carboxylic acid groups (broad SMARTS) is 2. The third-order valence-electron chi connectivity index (χ3n) is 6.06. The molecule has 1 aromatic rings. The van der Waals surface area contributed by atoms with Crippen LogP contribution in [-0.4, -0.2) is 75.5 Å². The molecule has 11 heteroatoms. The lowest BCUT2D eigenvalue weighted by Crippen LogP contribution is -2.57. The first kappa shape index (κ1) is 28.8. The summed E-state index contributed by atoms with van der Waals surface area (Å²) in [5, 5.41) is 23.8. The fourth-order valence-electron chi connectivity index (χ4n) is 4.24. The van der Waals surface area contributed by atoms with Crippen LogP contribution in [0.4, 0.5) is 0 Å². The highest BCUT2D eigenvalue weighted by Gasteiger charge is 2.38. The van der Waals surface area contributed by atoms with Crippen LogP contribution in [0.25, 0.3) is 0 Å². The van der Waals surface area contributed by atoms with Crippen LogP contribution in [0, 0.1) is 5.92 Å². The summed E-state index contributed by atoms with van der Waals surface area (Å²) in [4.78, 5) is 63.2. The summed E-state index contributed by atoms with van der Waals surface area (Å²) in [5.74, 6) is -4.00. The molecule has 1 saturated heterocycles. The molecule has 1 fully saturated rings. The highest BCUT2D eigenvalue weighted by Crippen LogP contribution is 2.20. The van der Waals surface area contributed by atoms with Crippen LogP contribution in [0.15, 0.2) is 30.3 Å². The van der Waals surface area contributed by atoms with Gasteiger partial charge < -0.3 is 31.5 Å². The fourth-order valence-corrected chi connectivity index (χ4v) is 4.24. The lowest BCUT2D eigenvalue weighted by Gasteiger charge is -2.29. The first-order valence-electron chi connectivity index (χ1n) is 12.1. The predicted molar refractivity (Wildman–Crippen MR) is 131 cm³/mol. The summed E-state index contributed by atoms with van der Waals surface area (Å²) in [7, 11) is 0. The van der Waals surface area contributed by atoms with Gasteiger partial charge >= 0.3 is 11.9 Å². The van der Waals surface area contributed by atoms with Crippen LogP contribution in [0.1, 0.15) is 51.5 Å². The molecule has 0 radical (unpaired) electrons. The van der Waals surface area contributed by atoms with Gasteiger partial charge in [-0.3, -0.25) is 19.2 Å². The van der Waals surface area contributed by atoms with Crippen molar-refractivity contribution >= 4 is 29.7 Å². The number of benzene rings is 1. The number of nitrogens with zero attached hydrogens (tertiary/aromatic N) is 1. The molecule has 2 rings (SSSR count). The maximum Gasteiger partial charge on any atom is 0.326 e. The fraction of sp³-hybridized carbons (Fsp3) is 0.560. The molecule has 3 amide bonds. The van der Waals surface area contributed by atoms with Gasteiger partial charge in [0.2, 0.25) is 17.7 Å². The Labute approximate surface area is 210 Å². The summed E-state index contributed by atoms with van der Waals surface area (Å²) >= 11 is 0. The Morgan fingerprint density at radius 2 is 1.67 bits per heavy atom. The van der Waals surface area contributed by atoms with Crippen LogP contribution in [0.2, 0.25) is 0 Å². The SMILES string of the molecule is CC(C)CC(N)C(=O)NC(CCC(=O)O)C(=O)NC(Cc1ccccc1)C(=O)N1CCCC1C(=O)O. The second-order valence-electron chi connectivity index (χ2n) is 9.51. The predicted octanol–water partition coefficient (Wildman–Crippen LogP) is 0.513. The minimum absolute atomic E-state index is 0.0979. The molecule has 4 atom stereocenters. The third-order valence-corrected chi connectivity index (χ3v) is 6.06. The molecule has 198 valence electrons. The van der Waals surface area contributed by atoms with E-state index in [9.17, 15) is 29.1 Å². The van der Waals surface area contributed by atoms with Crippen molar-refractivity contribution in [1.29, 1.82) is 0 Å². The van der Waals surface area contributed by atoms with Crippen molar-refractivity contribution < 1.29 is 34.2 Å². The van der Waals surface area contributed by atoms with Crippen LogP contribution in [-0.2, 0) is 30.4 Å². The van der Waals surface area contributed by atoms with E-state index in [1.165, 1.54) is 4.90 Å². The van der Waals surface area contributed by atoms with Gasteiger partial charge in [-0.1, -0.05) is 44.2 Å². The topological polar surface area (TPSA) is 179 Å². The van der Waals surface area contributed by atoms with Crippen molar-refractivity contribution in [3.63, 3.8) is 0 Å². The van der Waals surface area contributed by atoms with E-state index < -0.39 is 53.8 Å². The third kappa shape index (κ3) is 8.63. The van der Waals surface area contributed by atoms with Gasteiger partial charge in [0, 0.05) is 19.4 Å². The maximum atomic E-state index is 13.4. The normalized spacial score (nSPS) is 17.8. The Hall–Kier alpha value is -3.47. The van der Waals surface area contributed by atoms with E-state index in [4.69, 9.17) is 10.8 Å². The summed E-state index contributed by atoms with van der Waals surface area (Å²) in [6, 6.07) is 4.72. The van der Waals surface area contributed by atoms with Gasteiger partial charge in [-0.2, -0.15) is 0 Å². The van der Waals surface area contributed by atoms with Crippen molar-refractivity contribution in [2.75, 3.05) is 6.54 Å². The Morgan fingerprint density at radius 1 is 1.03 bits per heavy atom. The molecular weight excluding hydrogens is 468 g/mol. The zero-order valence-electron chi connectivity index (χ0n) is 20.7. The molecule has 11 nitrogen and oxygen atoms in total. The first-order valence-corrected chi connectivity index (χ1v) is 12.1. The van der Waals surface area contributed by atoms with E-state index >= 15 is 0 Å². The van der Waals surface area contributed by atoms with E-state index in [1.807, 2.05) is 13.8 Å². The number of nitrogens with one attached hydrogen (secondary N) is 2. The quantitative estimate of drug-likeness (QED) is 0.258. The summed E-state index contributed by atoms with van der Waals surface area (Å²) < 4.78 is 0. The second kappa shape index (κ2) is 13.6. The molecular formula is C25H36N4O7. The number of amides is 3. The van der Waals surface area contributed by atoms with Gasteiger partial charge in [0.1, 0.15) is 18.1 Å². The monoisotopic (exact) mass is 504 g/mol. The molecule has 4 unspecified atom stereocenters. The molecule has 6 N–H and O–H groups in total. The minimum atomic E-state index is -1.23. The Morgan fingerprint density at radius 3 is 2.25 bits per heavy atom. The number of nitrogens with two attached hydrogens (primary N) is 1. The molecule has 1 aromatic carbocycles. The maximum absolute atomic E-state index is 13.4. The van der Waals surface area contributed by atoms with Gasteiger partial charge in [0.15, 0.2) is 0 Å². The number of carbonyl (C=O) groups is 5. The van der Waals surface area contributed by atoms with E-state index in [0.29, 0.717) is 19.3 Å². The summed E-state index contributed by atoms with van der Waals surface area (Å²) in [6.07, 6.45) is 0.732. The van der Waals surface area contributed by atoms with E-state index in [2.05, 4.69) is 10.6 Å². The van der Waals surface area contributed by atoms with E-state index in [-0.39, 0.29) is 31.7 Å². The Kier molecular flexibility index (Phi) is 10.8. The zero-order valence-corrected chi connectivity index (χ0v) is 20.7. The molecule has 0 spiro atoms. The molecule has 0 aliphatic carbocycles. The van der Waals surface area contributed by atoms with Gasteiger partial charge in [-0.25, -0.2) is 4.79 Å². The Bertz CT molecular complexity index is 938. The average molecular weight is 505 g/mol. The van der Waals surface area contributed by atoms with Crippen molar-refractivity contribution in [2.24, 2.45) is 11.7 Å². The largest absolute Gasteiger partial charge is 0.481 e. The van der Waals surface area contributed by atoms with Crippen molar-refractivity contribution in [3.05, 3.63) is 35.9 Å². The number of hydrogen-bond donors (Lipinski definition) is 5. The molecule has 1 aliphatic rings. The van der Waals surface area contributed by atoms with E-state index in [0.717, 1.165) is 5.56 Å². The highest BCUT2D eigenvalue weighted by molar-refractivity contribution is 5.94. The van der Waals surface area contributed by atoms with Crippen molar-refractivity contribution in [3.8, 4) is 0 Å². The smallest absolute Gasteiger partial charge is 0.326 e. The summed E-state index contributed by atoms with van der Waals surface area (Å²) in [5.41, 5.74) is 6.67. The summed E-state index contributed by atoms with van der Waals surface area (Å²) in [6.45, 7) is 4.04. The van der Waals surface area contributed by atoms with Crippen molar-refractivity contribution in [1.82, 2.24) is 15.5 Å². The van der Waals surface area contributed by atoms with Crippen LogP contribution >= 0.6 is 0 Å². The standard InChI is InChI=1S/C25H36N4O7/c1-15(2)13-17(26)22(32)27-18(10-11-21(30)31)23(33)28-19(14-16-7-4-3-5-8-16)24(34)29-12-6-9-20(29)25(35)36/h3-5,7-8,15,17-20H,6,9-14,26H2,1-2H3,(H,27,32)(H,28,33)(H,30,31)(H,35,36). The number of aliphatic carboxylic acids is 2. The molecule has 1 aliphatic heterocycles. The molecule has 1 heterocycles. The van der Waals surface area contributed by atoms with Crippen LogP contribution < -0.4 is 16.4 Å². The number of carbonyl (C=O) groups excluding carboxylic acids is 3. The Balaban J connectivity index is 2.25.